The Hall–Kier alpha value is -2.29. The minimum absolute atomic E-state index is 0. The first kappa shape index (κ1) is 38.9. The van der Waals surface area contributed by atoms with Gasteiger partial charge in [-0.3, -0.25) is 19.1 Å². The van der Waals surface area contributed by atoms with Gasteiger partial charge in [0.1, 0.15) is 30.6 Å². The topological polar surface area (TPSA) is 186 Å². The molecule has 1 aromatic rings. The number of rotatable bonds is 19. The molecule has 3 rings (SSSR count). The second kappa shape index (κ2) is 20.1. The Morgan fingerprint density at radius 3 is 2.02 bits per heavy atom. The molecule has 2 fully saturated rings. The van der Waals surface area contributed by atoms with Crippen LogP contribution in [-0.4, -0.2) is 86.9 Å². The van der Waals surface area contributed by atoms with E-state index in [4.69, 9.17) is 19.9 Å². The van der Waals surface area contributed by atoms with Crippen LogP contribution in [0.25, 0.3) is 0 Å². The predicted octanol–water partition coefficient (Wildman–Crippen LogP) is 2.50. The van der Waals surface area contributed by atoms with Crippen molar-refractivity contribution in [2.24, 2.45) is 5.73 Å². The molecule has 14 heteroatoms. The van der Waals surface area contributed by atoms with Gasteiger partial charge >= 0.3 is 11.7 Å². The molecule has 5 N–H and O–H groups in total. The SMILES string of the molecule is CCCCCCCCCCCCCCCC(=O)N1[C@H](C(=O)OC)[C@@H]([C@H]2O[C@@H](n3ccc(=O)[nH]c3=O)[C@H](O)[C@@H]2O)O[C@@H]1CCN.Cl. The molecule has 2 aliphatic rings. The minimum atomic E-state index is -1.59. The molecule has 1 aromatic heterocycles. The molecule has 3 heterocycles. The third-order valence-corrected chi connectivity index (χ3v) is 8.60. The van der Waals surface area contributed by atoms with Crippen LogP contribution in [0.3, 0.4) is 0 Å². The number of aromatic nitrogens is 2. The van der Waals surface area contributed by atoms with E-state index in [9.17, 15) is 29.4 Å². The van der Waals surface area contributed by atoms with Gasteiger partial charge in [-0.1, -0.05) is 84.0 Å². The van der Waals surface area contributed by atoms with Crippen LogP contribution in [0.1, 0.15) is 109 Å². The van der Waals surface area contributed by atoms with E-state index in [1.807, 2.05) is 0 Å². The Labute approximate surface area is 271 Å². The van der Waals surface area contributed by atoms with Gasteiger partial charge in [0.2, 0.25) is 5.91 Å². The third kappa shape index (κ3) is 10.6. The average molecular weight is 661 g/mol. The number of nitrogens with one attached hydrogen (secondary N) is 1. The summed E-state index contributed by atoms with van der Waals surface area (Å²) in [6.45, 7) is 2.40. The number of nitrogens with zero attached hydrogens (tertiary/aromatic N) is 2. The molecular formula is C31H53ClN4O9. The number of esters is 1. The van der Waals surface area contributed by atoms with Gasteiger partial charge in [0.15, 0.2) is 12.3 Å². The highest BCUT2D eigenvalue weighted by Gasteiger charge is 2.58. The lowest BCUT2D eigenvalue weighted by molar-refractivity contribution is -0.154. The molecule has 7 atom stereocenters. The highest BCUT2D eigenvalue weighted by molar-refractivity contribution is 5.86. The van der Waals surface area contributed by atoms with E-state index >= 15 is 0 Å². The lowest BCUT2D eigenvalue weighted by atomic mass is 9.98. The van der Waals surface area contributed by atoms with Crippen LogP contribution in [0.15, 0.2) is 21.9 Å². The number of hydrogen-bond acceptors (Lipinski definition) is 10. The molecule has 0 aromatic carbocycles. The van der Waals surface area contributed by atoms with Crippen molar-refractivity contribution in [2.45, 2.75) is 146 Å². The van der Waals surface area contributed by atoms with Crippen LogP contribution >= 0.6 is 12.4 Å². The molecule has 0 saturated carbocycles. The summed E-state index contributed by atoms with van der Waals surface area (Å²) in [6.07, 6.45) is 8.95. The first-order valence-corrected chi connectivity index (χ1v) is 16.3. The molecular weight excluding hydrogens is 608 g/mol. The van der Waals surface area contributed by atoms with Crippen molar-refractivity contribution in [2.75, 3.05) is 13.7 Å². The summed E-state index contributed by atoms with van der Waals surface area (Å²) >= 11 is 0. The smallest absolute Gasteiger partial charge is 0.331 e. The summed E-state index contributed by atoms with van der Waals surface area (Å²) in [5.41, 5.74) is 4.32. The number of H-pyrrole nitrogens is 1. The van der Waals surface area contributed by atoms with Gasteiger partial charge in [0, 0.05) is 25.1 Å². The van der Waals surface area contributed by atoms with Crippen molar-refractivity contribution in [1.82, 2.24) is 14.5 Å². The molecule has 2 saturated heterocycles. The number of hydrogen-bond donors (Lipinski definition) is 4. The van der Waals surface area contributed by atoms with Crippen LogP contribution in [0.5, 0.6) is 0 Å². The monoisotopic (exact) mass is 660 g/mol. The van der Waals surface area contributed by atoms with Crippen LogP contribution in [-0.2, 0) is 23.8 Å². The van der Waals surface area contributed by atoms with Gasteiger partial charge in [-0.05, 0) is 13.0 Å². The number of nitrogens with two attached hydrogens (primary N) is 1. The lowest BCUT2D eigenvalue weighted by Crippen LogP contribution is -2.53. The van der Waals surface area contributed by atoms with Gasteiger partial charge in [-0.25, -0.2) is 9.59 Å². The summed E-state index contributed by atoms with van der Waals surface area (Å²) < 4.78 is 17.9. The van der Waals surface area contributed by atoms with Crippen molar-refractivity contribution in [1.29, 1.82) is 0 Å². The van der Waals surface area contributed by atoms with E-state index in [0.29, 0.717) is 6.42 Å². The van der Waals surface area contributed by atoms with Crippen LogP contribution < -0.4 is 17.0 Å². The number of aromatic amines is 1. The average Bonchev–Trinajstić information content (AvgIpc) is 3.52. The van der Waals surface area contributed by atoms with Crippen LogP contribution in [0.4, 0.5) is 0 Å². The fourth-order valence-corrected chi connectivity index (χ4v) is 6.19. The van der Waals surface area contributed by atoms with Crippen LogP contribution in [0.2, 0.25) is 0 Å². The van der Waals surface area contributed by atoms with Crippen molar-refractivity contribution in [3.8, 4) is 0 Å². The largest absolute Gasteiger partial charge is 0.467 e. The van der Waals surface area contributed by atoms with E-state index in [1.54, 1.807) is 0 Å². The maximum absolute atomic E-state index is 13.5. The molecule has 0 spiro atoms. The summed E-state index contributed by atoms with van der Waals surface area (Å²) in [6, 6.07) is -0.182. The zero-order valence-corrected chi connectivity index (χ0v) is 27.5. The zero-order chi connectivity index (χ0) is 32.1. The highest BCUT2D eigenvalue weighted by atomic mass is 35.5. The molecule has 0 unspecified atom stereocenters. The van der Waals surface area contributed by atoms with Gasteiger partial charge in [-0.2, -0.15) is 0 Å². The molecule has 0 radical (unpaired) electrons. The number of ether oxygens (including phenoxy) is 3. The molecule has 13 nitrogen and oxygen atoms in total. The number of aliphatic hydroxyl groups excluding tert-OH is 2. The van der Waals surface area contributed by atoms with Gasteiger partial charge in [-0.15, -0.1) is 12.4 Å². The number of amides is 1. The number of carbonyl (C=O) groups is 2. The molecule has 0 aliphatic carbocycles. The standard InChI is InChI=1S/C31H52N4O9.ClH/c1-3-4-5-6-7-8-9-10-11-12-13-14-15-16-22(37)35-23(17-19-32)43-27(24(35)30(40)42-2)28-25(38)26(39)29(44-28)34-20-18-21(36)33-31(34)41;/h18,20,23-29,38-39H,3-17,19,32H2,1-2H3,(H,33,36,41);1H/t23-,24+,25+,26-,27+,28+,29-;/m1./s1. The van der Waals surface area contributed by atoms with E-state index in [-0.39, 0.29) is 37.7 Å². The number of unbranched alkanes of at least 4 members (excludes halogenated alkanes) is 12. The molecule has 45 heavy (non-hydrogen) atoms. The van der Waals surface area contributed by atoms with Crippen LogP contribution in [0, 0.1) is 0 Å². The maximum atomic E-state index is 13.5. The Balaban J connectivity index is 0.00000705. The normalized spacial score (nSPS) is 26.2. The third-order valence-electron chi connectivity index (χ3n) is 8.60. The fraction of sp³-hybridized carbons (Fsp3) is 0.806. The Bertz CT molecular complexity index is 1150. The molecule has 0 bridgehead atoms. The van der Waals surface area contributed by atoms with Gasteiger partial charge < -0.3 is 35.1 Å². The van der Waals surface area contributed by atoms with E-state index in [2.05, 4.69) is 11.9 Å². The Morgan fingerprint density at radius 1 is 0.911 bits per heavy atom. The molecule has 2 aliphatic heterocycles. The second-order valence-corrected chi connectivity index (χ2v) is 11.9. The molecule has 258 valence electrons. The summed E-state index contributed by atoms with van der Waals surface area (Å²) in [5, 5.41) is 21.7. The van der Waals surface area contributed by atoms with Crippen molar-refractivity contribution < 1.29 is 34.0 Å². The second-order valence-electron chi connectivity index (χ2n) is 11.9. The first-order chi connectivity index (χ1) is 21.2. The highest BCUT2D eigenvalue weighted by Crippen LogP contribution is 2.38. The Kier molecular flexibility index (Phi) is 17.3. The van der Waals surface area contributed by atoms with Crippen molar-refractivity contribution in [3.63, 3.8) is 0 Å². The summed E-state index contributed by atoms with van der Waals surface area (Å²) in [4.78, 5) is 53.8. The van der Waals surface area contributed by atoms with E-state index in [1.165, 1.54) is 69.8 Å². The maximum Gasteiger partial charge on any atom is 0.331 e. The van der Waals surface area contributed by atoms with Crippen molar-refractivity contribution >= 4 is 24.3 Å². The number of aliphatic hydroxyl groups is 2. The predicted molar refractivity (Wildman–Crippen MR) is 170 cm³/mol. The number of carbonyl (C=O) groups excluding carboxylic acids is 2. The van der Waals surface area contributed by atoms with E-state index < -0.39 is 60.1 Å². The quantitative estimate of drug-likeness (QED) is 0.127. The lowest BCUT2D eigenvalue weighted by Gasteiger charge is -2.29. The fourth-order valence-electron chi connectivity index (χ4n) is 6.19. The van der Waals surface area contributed by atoms with Gasteiger partial charge in [0.25, 0.3) is 5.56 Å². The van der Waals surface area contributed by atoms with E-state index in [0.717, 1.165) is 36.1 Å². The van der Waals surface area contributed by atoms with Gasteiger partial charge in [0.05, 0.1) is 7.11 Å². The number of halogens is 1. The van der Waals surface area contributed by atoms with Crippen molar-refractivity contribution in [3.05, 3.63) is 33.1 Å². The minimum Gasteiger partial charge on any atom is -0.467 e. The molecule has 1 amide bonds. The Morgan fingerprint density at radius 2 is 1.49 bits per heavy atom. The number of methoxy groups -OCH3 is 1. The first-order valence-electron chi connectivity index (χ1n) is 16.3. The summed E-state index contributed by atoms with van der Waals surface area (Å²) in [7, 11) is 1.19. The zero-order valence-electron chi connectivity index (χ0n) is 26.6. The summed E-state index contributed by atoms with van der Waals surface area (Å²) in [5.74, 6) is -1.06.